The maximum absolute atomic E-state index is 13.5. The van der Waals surface area contributed by atoms with E-state index in [9.17, 15) is 24.3 Å². The summed E-state index contributed by atoms with van der Waals surface area (Å²) in [7, 11) is 0. The standard InChI is InChI=1S/C22H19N3O5/c26-16(27)10-15-17-18(20(29)25(19(17)28)11-12-6-2-1-3-7-12)22(24-15)13-8-4-5-9-14(13)23-21(22)30/h1-9,15,17-18,24H,10-11H2,(H,23,30)(H,26,27)/t15-,17+,18+,22-/m1/s1. The Kier molecular flexibility index (Phi) is 4.01. The molecule has 1 spiro atoms. The van der Waals surface area contributed by atoms with Gasteiger partial charge in [-0.15, -0.1) is 0 Å². The molecule has 2 aromatic carbocycles. The van der Waals surface area contributed by atoms with E-state index in [0.717, 1.165) is 10.5 Å². The van der Waals surface area contributed by atoms with Gasteiger partial charge in [-0.25, -0.2) is 0 Å². The van der Waals surface area contributed by atoms with Gasteiger partial charge in [0.15, 0.2) is 0 Å². The molecule has 3 aliphatic rings. The van der Waals surface area contributed by atoms with Gasteiger partial charge < -0.3 is 20.5 Å². The lowest BCUT2D eigenvalue weighted by molar-refractivity contribution is -0.733. The minimum Gasteiger partial charge on any atom is -0.550 e. The summed E-state index contributed by atoms with van der Waals surface area (Å²) in [4.78, 5) is 52.5. The zero-order chi connectivity index (χ0) is 21.0. The third-order valence-electron chi connectivity index (χ3n) is 6.45. The van der Waals surface area contributed by atoms with Crippen molar-refractivity contribution in [3.8, 4) is 0 Å². The molecule has 2 fully saturated rings. The monoisotopic (exact) mass is 405 g/mol. The number of carbonyl (C=O) groups excluding carboxylic acids is 4. The van der Waals surface area contributed by atoms with Crippen LogP contribution in [0.5, 0.6) is 0 Å². The number of para-hydroxylation sites is 1. The van der Waals surface area contributed by atoms with Crippen LogP contribution in [0.25, 0.3) is 0 Å². The van der Waals surface area contributed by atoms with Crippen molar-refractivity contribution in [1.29, 1.82) is 0 Å². The number of hydrogen-bond acceptors (Lipinski definition) is 5. The quantitative estimate of drug-likeness (QED) is 0.614. The van der Waals surface area contributed by atoms with Crippen LogP contribution in [0, 0.1) is 11.8 Å². The second-order valence-corrected chi connectivity index (χ2v) is 8.03. The molecule has 8 heteroatoms. The van der Waals surface area contributed by atoms with Gasteiger partial charge in [0.2, 0.25) is 17.4 Å². The van der Waals surface area contributed by atoms with E-state index in [1.807, 2.05) is 30.3 Å². The topological polar surface area (TPSA) is 123 Å². The van der Waals surface area contributed by atoms with E-state index >= 15 is 0 Å². The van der Waals surface area contributed by atoms with Crippen molar-refractivity contribution < 1.29 is 29.6 Å². The molecule has 0 aliphatic carbocycles. The second-order valence-electron chi connectivity index (χ2n) is 8.03. The molecule has 0 radical (unpaired) electrons. The summed E-state index contributed by atoms with van der Waals surface area (Å²) in [5.74, 6) is -4.48. The number of likely N-dealkylation sites (tertiary alicyclic amines) is 1. The fourth-order valence-electron chi connectivity index (χ4n) is 5.28. The zero-order valence-electron chi connectivity index (χ0n) is 15.9. The van der Waals surface area contributed by atoms with Gasteiger partial charge in [0.1, 0.15) is 17.9 Å². The first-order valence-corrected chi connectivity index (χ1v) is 9.79. The Balaban J connectivity index is 1.61. The van der Waals surface area contributed by atoms with Crippen molar-refractivity contribution in [2.75, 3.05) is 5.32 Å². The van der Waals surface area contributed by atoms with Gasteiger partial charge in [0.05, 0.1) is 12.2 Å². The minimum absolute atomic E-state index is 0.0862. The van der Waals surface area contributed by atoms with E-state index in [4.69, 9.17) is 0 Å². The number of anilines is 1. The number of imide groups is 1. The van der Waals surface area contributed by atoms with Gasteiger partial charge in [-0.3, -0.25) is 19.3 Å². The number of nitrogens with one attached hydrogen (secondary N) is 1. The lowest BCUT2D eigenvalue weighted by Gasteiger charge is -2.26. The van der Waals surface area contributed by atoms with Crippen LogP contribution in [0.15, 0.2) is 54.6 Å². The molecule has 3 amide bonds. The summed E-state index contributed by atoms with van der Waals surface area (Å²) >= 11 is 0. The smallest absolute Gasteiger partial charge is 0.291 e. The highest BCUT2D eigenvalue weighted by molar-refractivity contribution is 6.13. The van der Waals surface area contributed by atoms with Crippen LogP contribution in [0.4, 0.5) is 5.69 Å². The van der Waals surface area contributed by atoms with E-state index in [2.05, 4.69) is 5.32 Å². The average molecular weight is 405 g/mol. The maximum Gasteiger partial charge on any atom is 0.291 e. The number of rotatable bonds is 4. The van der Waals surface area contributed by atoms with Crippen LogP contribution < -0.4 is 15.7 Å². The van der Waals surface area contributed by atoms with Crippen molar-refractivity contribution in [3.05, 3.63) is 65.7 Å². The summed E-state index contributed by atoms with van der Waals surface area (Å²) < 4.78 is 0. The third-order valence-corrected chi connectivity index (χ3v) is 6.45. The largest absolute Gasteiger partial charge is 0.550 e. The third kappa shape index (κ3) is 2.43. The van der Waals surface area contributed by atoms with Crippen LogP contribution >= 0.6 is 0 Å². The zero-order valence-corrected chi connectivity index (χ0v) is 15.9. The Morgan fingerprint density at radius 2 is 1.73 bits per heavy atom. The van der Waals surface area contributed by atoms with Crippen LogP contribution in [-0.2, 0) is 31.3 Å². The molecule has 4 atom stereocenters. The highest BCUT2D eigenvalue weighted by atomic mass is 16.4. The van der Waals surface area contributed by atoms with Gasteiger partial charge in [0.25, 0.3) is 5.91 Å². The number of carboxylic acids is 1. The second kappa shape index (κ2) is 6.50. The molecule has 5 rings (SSSR count). The van der Waals surface area contributed by atoms with E-state index in [1.54, 1.807) is 29.6 Å². The number of hydrogen-bond donors (Lipinski definition) is 2. The van der Waals surface area contributed by atoms with Gasteiger partial charge >= 0.3 is 0 Å². The Bertz CT molecular complexity index is 1090. The van der Waals surface area contributed by atoms with Gasteiger partial charge in [-0.05, 0) is 11.6 Å². The van der Waals surface area contributed by atoms with Crippen molar-refractivity contribution >= 4 is 29.4 Å². The van der Waals surface area contributed by atoms with Crippen molar-refractivity contribution in [2.24, 2.45) is 11.8 Å². The number of benzene rings is 2. The molecule has 30 heavy (non-hydrogen) atoms. The lowest BCUT2D eigenvalue weighted by atomic mass is 9.76. The number of quaternary nitrogens is 1. The lowest BCUT2D eigenvalue weighted by Crippen LogP contribution is -2.99. The Morgan fingerprint density at radius 3 is 2.47 bits per heavy atom. The normalized spacial score (nSPS) is 29.3. The first-order chi connectivity index (χ1) is 14.4. The summed E-state index contributed by atoms with van der Waals surface area (Å²) in [6, 6.07) is 15.3. The maximum atomic E-state index is 13.5. The molecule has 152 valence electrons. The fraction of sp³-hybridized carbons (Fsp3) is 0.273. The molecule has 8 nitrogen and oxygen atoms in total. The number of nitrogens with two attached hydrogens (primary N) is 1. The van der Waals surface area contributed by atoms with Crippen LogP contribution in [0.3, 0.4) is 0 Å². The molecular formula is C22H19N3O5. The molecule has 3 heterocycles. The van der Waals surface area contributed by atoms with E-state index in [1.165, 1.54) is 0 Å². The van der Waals surface area contributed by atoms with Crippen molar-refractivity contribution in [1.82, 2.24) is 4.90 Å². The first-order valence-electron chi connectivity index (χ1n) is 9.79. The number of nitrogens with zero attached hydrogens (tertiary/aromatic N) is 1. The Hall–Kier alpha value is -3.52. The summed E-state index contributed by atoms with van der Waals surface area (Å²) in [6.07, 6.45) is -0.420. The van der Waals surface area contributed by atoms with Crippen LogP contribution in [-0.4, -0.2) is 34.6 Å². The Labute approximate surface area is 171 Å². The molecule has 0 aromatic heterocycles. The van der Waals surface area contributed by atoms with E-state index in [-0.39, 0.29) is 6.54 Å². The molecule has 2 saturated heterocycles. The summed E-state index contributed by atoms with van der Waals surface area (Å²) in [5, 5.41) is 15.8. The van der Waals surface area contributed by atoms with E-state index < -0.39 is 53.5 Å². The molecule has 3 aliphatic heterocycles. The highest BCUT2D eigenvalue weighted by Gasteiger charge is 2.74. The molecular weight excluding hydrogens is 386 g/mol. The first kappa shape index (κ1) is 18.5. The minimum atomic E-state index is -1.36. The summed E-state index contributed by atoms with van der Waals surface area (Å²) in [5.41, 5.74) is 0.603. The van der Waals surface area contributed by atoms with Crippen LogP contribution in [0.1, 0.15) is 17.5 Å². The van der Waals surface area contributed by atoms with Gasteiger partial charge in [-0.1, -0.05) is 48.5 Å². The SMILES string of the molecule is O=C([O-])C[C@H]1[NH2+][C@@]2(C(=O)Nc3ccccc32)[C@@H]2C(=O)N(Cc3ccccc3)C(=O)[C@H]21. The molecule has 0 unspecified atom stereocenters. The Morgan fingerprint density at radius 1 is 1.03 bits per heavy atom. The summed E-state index contributed by atoms with van der Waals surface area (Å²) in [6.45, 7) is 0.0862. The molecule has 3 N–H and O–H groups in total. The fourth-order valence-corrected chi connectivity index (χ4v) is 5.28. The molecule has 0 saturated carbocycles. The van der Waals surface area contributed by atoms with Gasteiger partial charge in [0, 0.05) is 18.0 Å². The molecule has 0 bridgehead atoms. The predicted molar refractivity (Wildman–Crippen MR) is 101 cm³/mol. The average Bonchev–Trinajstić information content (AvgIpc) is 3.29. The number of carbonyl (C=O) groups is 4. The van der Waals surface area contributed by atoms with Crippen LogP contribution in [0.2, 0.25) is 0 Å². The van der Waals surface area contributed by atoms with Gasteiger partial charge in [-0.2, -0.15) is 0 Å². The van der Waals surface area contributed by atoms with Crippen molar-refractivity contribution in [3.63, 3.8) is 0 Å². The predicted octanol–water partition coefficient (Wildman–Crippen LogP) is -1.28. The molecule has 2 aromatic rings. The number of carboxylic acid groups (broad SMARTS) is 1. The number of fused-ring (bicyclic) bond motifs is 4. The van der Waals surface area contributed by atoms with Crippen molar-refractivity contribution in [2.45, 2.75) is 24.5 Å². The number of aliphatic carboxylic acids is 1. The highest BCUT2D eigenvalue weighted by Crippen LogP contribution is 2.49. The van der Waals surface area contributed by atoms with E-state index in [0.29, 0.717) is 11.3 Å². The number of amides is 3.